The lowest BCUT2D eigenvalue weighted by atomic mass is 10.2. The Kier molecular flexibility index (Phi) is 4.79. The van der Waals surface area contributed by atoms with E-state index in [9.17, 15) is 0 Å². The minimum atomic E-state index is 0.423. The van der Waals surface area contributed by atoms with Crippen molar-refractivity contribution >= 4 is 0 Å². The minimum absolute atomic E-state index is 0.423. The average Bonchev–Trinajstić information content (AvgIpc) is 2.25. The van der Waals surface area contributed by atoms with Crippen molar-refractivity contribution in [2.45, 2.75) is 26.3 Å². The number of pyridine rings is 1. The van der Waals surface area contributed by atoms with E-state index in [2.05, 4.69) is 29.8 Å². The fraction of sp³-hybridized carbons (Fsp3) is 0.500. The van der Waals surface area contributed by atoms with Crippen LogP contribution in [0.2, 0.25) is 0 Å². The maximum atomic E-state index is 8.68. The largest absolute Gasteiger partial charge is 0.288 e. The van der Waals surface area contributed by atoms with E-state index in [1.165, 1.54) is 5.56 Å². The number of rotatable bonds is 5. The fourth-order valence-electron chi connectivity index (χ4n) is 1.43. The van der Waals surface area contributed by atoms with Gasteiger partial charge >= 0.3 is 0 Å². The zero-order valence-electron chi connectivity index (χ0n) is 9.35. The molecule has 1 aromatic heterocycles. The summed E-state index contributed by atoms with van der Waals surface area (Å²) in [6.45, 7) is 5.66. The molecule has 0 aliphatic carbocycles. The van der Waals surface area contributed by atoms with Crippen molar-refractivity contribution in [1.82, 2.24) is 9.88 Å². The van der Waals surface area contributed by atoms with E-state index in [1.807, 2.05) is 12.1 Å². The Hall–Kier alpha value is -1.40. The summed E-state index contributed by atoms with van der Waals surface area (Å²) in [7, 11) is 0. The van der Waals surface area contributed by atoms with Crippen LogP contribution in [-0.4, -0.2) is 29.0 Å². The molecule has 0 spiro atoms. The third-order valence-electron chi connectivity index (χ3n) is 2.44. The Morgan fingerprint density at radius 2 is 2.07 bits per heavy atom. The molecule has 3 heteroatoms. The summed E-state index contributed by atoms with van der Waals surface area (Å²) < 4.78 is 0. The second-order valence-electron chi connectivity index (χ2n) is 3.83. The van der Waals surface area contributed by atoms with Crippen LogP contribution in [0.25, 0.3) is 0 Å². The molecule has 0 unspecified atom stereocenters. The van der Waals surface area contributed by atoms with Gasteiger partial charge in [-0.15, -0.1) is 0 Å². The Labute approximate surface area is 91.4 Å². The van der Waals surface area contributed by atoms with Crippen LogP contribution in [0.15, 0.2) is 24.5 Å². The van der Waals surface area contributed by atoms with Gasteiger partial charge in [0, 0.05) is 25.0 Å². The number of hydrogen-bond acceptors (Lipinski definition) is 3. The molecular formula is C12H17N3. The van der Waals surface area contributed by atoms with Crippen molar-refractivity contribution in [3.05, 3.63) is 30.1 Å². The van der Waals surface area contributed by atoms with E-state index in [0.717, 1.165) is 13.0 Å². The summed E-state index contributed by atoms with van der Waals surface area (Å²) in [5, 5.41) is 8.68. The predicted molar refractivity (Wildman–Crippen MR) is 60.3 cm³/mol. The lowest BCUT2D eigenvalue weighted by Gasteiger charge is -2.23. The van der Waals surface area contributed by atoms with E-state index in [4.69, 9.17) is 5.26 Å². The second-order valence-corrected chi connectivity index (χ2v) is 3.83. The van der Waals surface area contributed by atoms with Crippen molar-refractivity contribution in [2.75, 3.05) is 13.1 Å². The molecule has 0 amide bonds. The summed E-state index contributed by atoms with van der Waals surface area (Å²) in [6, 6.07) is 6.66. The molecule has 0 bridgehead atoms. The van der Waals surface area contributed by atoms with Crippen LogP contribution in [-0.2, 0) is 6.42 Å². The minimum Gasteiger partial charge on any atom is -0.288 e. The summed E-state index contributed by atoms with van der Waals surface area (Å²) in [5.41, 5.74) is 1.27. The number of nitriles is 1. The highest BCUT2D eigenvalue weighted by Crippen LogP contribution is 2.02. The fourth-order valence-corrected chi connectivity index (χ4v) is 1.43. The van der Waals surface area contributed by atoms with Crippen LogP contribution in [0.1, 0.15) is 19.4 Å². The Morgan fingerprint density at radius 1 is 1.40 bits per heavy atom. The normalized spacial score (nSPS) is 10.6. The first-order valence-electron chi connectivity index (χ1n) is 5.24. The number of hydrogen-bond donors (Lipinski definition) is 0. The third kappa shape index (κ3) is 4.09. The van der Waals surface area contributed by atoms with Gasteiger partial charge in [0.15, 0.2) is 0 Å². The summed E-state index contributed by atoms with van der Waals surface area (Å²) in [4.78, 5) is 6.15. The van der Waals surface area contributed by atoms with E-state index >= 15 is 0 Å². The molecule has 0 saturated carbocycles. The zero-order chi connectivity index (χ0) is 11.1. The number of aromatic nitrogens is 1. The Balaban J connectivity index is 2.44. The quantitative estimate of drug-likeness (QED) is 0.686. The first-order chi connectivity index (χ1) is 7.24. The summed E-state index contributed by atoms with van der Waals surface area (Å²) in [5.74, 6) is 0. The van der Waals surface area contributed by atoms with E-state index in [-0.39, 0.29) is 0 Å². The van der Waals surface area contributed by atoms with Crippen molar-refractivity contribution in [2.24, 2.45) is 0 Å². The van der Waals surface area contributed by atoms with Gasteiger partial charge in [0.25, 0.3) is 0 Å². The van der Waals surface area contributed by atoms with Gasteiger partial charge in [-0.25, -0.2) is 0 Å². The zero-order valence-corrected chi connectivity index (χ0v) is 9.35. The van der Waals surface area contributed by atoms with Crippen LogP contribution < -0.4 is 0 Å². The van der Waals surface area contributed by atoms with Gasteiger partial charge in [0.2, 0.25) is 0 Å². The molecular weight excluding hydrogens is 186 g/mol. The first-order valence-corrected chi connectivity index (χ1v) is 5.24. The SMILES string of the molecule is CC(C)N(CC#N)CCc1ccncc1. The first kappa shape index (κ1) is 11.7. The number of nitrogens with zero attached hydrogens (tertiary/aromatic N) is 3. The molecule has 0 saturated heterocycles. The highest BCUT2D eigenvalue weighted by Gasteiger charge is 2.08. The standard InChI is InChI=1S/C12H17N3/c1-11(2)15(10-6-13)9-5-12-3-7-14-8-4-12/h3-4,7-8,11H,5,9-10H2,1-2H3. The highest BCUT2D eigenvalue weighted by atomic mass is 15.1. The topological polar surface area (TPSA) is 39.9 Å². The third-order valence-corrected chi connectivity index (χ3v) is 2.44. The molecule has 3 nitrogen and oxygen atoms in total. The van der Waals surface area contributed by atoms with Crippen molar-refractivity contribution in [1.29, 1.82) is 5.26 Å². The Bertz CT molecular complexity index is 313. The molecule has 80 valence electrons. The Morgan fingerprint density at radius 3 is 2.60 bits per heavy atom. The van der Waals surface area contributed by atoms with Crippen molar-refractivity contribution < 1.29 is 0 Å². The molecule has 0 aromatic carbocycles. The van der Waals surface area contributed by atoms with E-state index in [1.54, 1.807) is 12.4 Å². The van der Waals surface area contributed by atoms with E-state index < -0.39 is 0 Å². The van der Waals surface area contributed by atoms with Crippen LogP contribution in [0, 0.1) is 11.3 Å². The molecule has 1 rings (SSSR count). The molecule has 0 aliphatic rings. The molecule has 1 aromatic rings. The maximum absolute atomic E-state index is 8.68. The lowest BCUT2D eigenvalue weighted by Crippen LogP contribution is -2.33. The summed E-state index contributed by atoms with van der Waals surface area (Å²) >= 11 is 0. The molecule has 0 aliphatic heterocycles. The maximum Gasteiger partial charge on any atom is 0.0868 e. The van der Waals surface area contributed by atoms with Gasteiger partial charge in [-0.3, -0.25) is 9.88 Å². The summed E-state index contributed by atoms with van der Waals surface area (Å²) in [6.07, 6.45) is 4.58. The van der Waals surface area contributed by atoms with Gasteiger partial charge < -0.3 is 0 Å². The van der Waals surface area contributed by atoms with Crippen LogP contribution in [0.5, 0.6) is 0 Å². The molecule has 0 radical (unpaired) electrons. The monoisotopic (exact) mass is 203 g/mol. The van der Waals surface area contributed by atoms with Crippen molar-refractivity contribution in [3.8, 4) is 6.07 Å². The molecule has 0 atom stereocenters. The van der Waals surface area contributed by atoms with Gasteiger partial charge in [0.05, 0.1) is 12.6 Å². The molecule has 0 N–H and O–H groups in total. The van der Waals surface area contributed by atoms with Crippen LogP contribution >= 0.6 is 0 Å². The van der Waals surface area contributed by atoms with Crippen LogP contribution in [0.3, 0.4) is 0 Å². The molecule has 1 heterocycles. The molecule has 0 fully saturated rings. The second kappa shape index (κ2) is 6.15. The lowest BCUT2D eigenvalue weighted by molar-refractivity contribution is 0.252. The van der Waals surface area contributed by atoms with Gasteiger partial charge in [-0.1, -0.05) is 0 Å². The van der Waals surface area contributed by atoms with Gasteiger partial charge in [-0.05, 0) is 38.0 Å². The van der Waals surface area contributed by atoms with Crippen molar-refractivity contribution in [3.63, 3.8) is 0 Å². The smallest absolute Gasteiger partial charge is 0.0868 e. The van der Waals surface area contributed by atoms with Crippen LogP contribution in [0.4, 0.5) is 0 Å². The molecule has 15 heavy (non-hydrogen) atoms. The highest BCUT2D eigenvalue weighted by molar-refractivity contribution is 5.10. The average molecular weight is 203 g/mol. The van der Waals surface area contributed by atoms with E-state index in [0.29, 0.717) is 12.6 Å². The predicted octanol–water partition coefficient (Wildman–Crippen LogP) is 1.86. The van der Waals surface area contributed by atoms with Gasteiger partial charge in [0.1, 0.15) is 0 Å². The van der Waals surface area contributed by atoms with Gasteiger partial charge in [-0.2, -0.15) is 5.26 Å².